The minimum absolute atomic E-state index is 0.514. The molecule has 1 nitrogen and oxygen atoms in total. The van der Waals surface area contributed by atoms with Gasteiger partial charge in [0.25, 0.3) is 0 Å². The maximum Gasteiger partial charge on any atom is 0.115 e. The Labute approximate surface area is 130 Å². The van der Waals surface area contributed by atoms with Crippen LogP contribution in [-0.2, 0) is 0 Å². The van der Waals surface area contributed by atoms with Gasteiger partial charge in [-0.25, -0.2) is 0 Å². The van der Waals surface area contributed by atoms with Crippen molar-refractivity contribution in [2.45, 2.75) is 6.10 Å². The summed E-state index contributed by atoms with van der Waals surface area (Å²) in [5, 5.41) is 10.8. The third-order valence-corrected chi connectivity index (χ3v) is 6.05. The van der Waals surface area contributed by atoms with Gasteiger partial charge in [-0.05, 0) is 44.0 Å². The van der Waals surface area contributed by atoms with Crippen molar-refractivity contribution in [1.29, 1.82) is 0 Å². The molecule has 0 bridgehead atoms. The van der Waals surface area contributed by atoms with Gasteiger partial charge in [0.05, 0.1) is 5.02 Å². The van der Waals surface area contributed by atoms with E-state index in [0.29, 0.717) is 14.9 Å². The molecule has 2 aromatic rings. The molecule has 1 aromatic heterocycles. The molecule has 1 heterocycles. The van der Waals surface area contributed by atoms with Gasteiger partial charge in [0.15, 0.2) is 0 Å². The first kappa shape index (κ1) is 13.8. The van der Waals surface area contributed by atoms with Crippen LogP contribution in [0, 0.1) is 0 Å². The van der Waals surface area contributed by atoms with E-state index in [1.54, 1.807) is 12.1 Å². The van der Waals surface area contributed by atoms with Crippen LogP contribution in [0.2, 0.25) is 9.36 Å². The van der Waals surface area contributed by atoms with Gasteiger partial charge in [0, 0.05) is 19.4 Å². The van der Waals surface area contributed by atoms with Crippen molar-refractivity contribution in [3.05, 3.63) is 53.0 Å². The SMILES string of the molecule is OC(c1cc(Br)c(Cl)s1)c1cccc(Br)c1Cl. The van der Waals surface area contributed by atoms with Crippen LogP contribution < -0.4 is 0 Å². The lowest BCUT2D eigenvalue weighted by Gasteiger charge is -2.11. The normalized spacial score (nSPS) is 12.8. The van der Waals surface area contributed by atoms with E-state index in [1.165, 1.54) is 11.3 Å². The Morgan fingerprint density at radius 3 is 2.47 bits per heavy atom. The number of halogens is 4. The molecule has 6 heteroatoms. The molecule has 0 fully saturated rings. The summed E-state index contributed by atoms with van der Waals surface area (Å²) in [5.74, 6) is 0. The number of hydrogen-bond donors (Lipinski definition) is 1. The first-order valence-corrected chi connectivity index (χ1v) is 7.73. The van der Waals surface area contributed by atoms with E-state index in [0.717, 1.165) is 13.8 Å². The summed E-state index contributed by atoms with van der Waals surface area (Å²) in [5.41, 5.74) is 0.659. The molecule has 1 unspecified atom stereocenters. The highest BCUT2D eigenvalue weighted by Crippen LogP contribution is 2.40. The first-order valence-electron chi connectivity index (χ1n) is 4.57. The Bertz CT molecular complexity index is 537. The van der Waals surface area contributed by atoms with Gasteiger partial charge < -0.3 is 5.11 Å². The Morgan fingerprint density at radius 2 is 1.88 bits per heavy atom. The van der Waals surface area contributed by atoms with E-state index in [2.05, 4.69) is 31.9 Å². The molecule has 0 spiro atoms. The van der Waals surface area contributed by atoms with E-state index in [4.69, 9.17) is 23.2 Å². The molecule has 1 atom stereocenters. The van der Waals surface area contributed by atoms with Crippen molar-refractivity contribution in [1.82, 2.24) is 0 Å². The van der Waals surface area contributed by atoms with Crippen LogP contribution >= 0.6 is 66.4 Å². The molecule has 17 heavy (non-hydrogen) atoms. The summed E-state index contributed by atoms with van der Waals surface area (Å²) in [6.07, 6.45) is -0.770. The average Bonchev–Trinajstić information content (AvgIpc) is 2.62. The van der Waals surface area contributed by atoms with Crippen LogP contribution in [0.1, 0.15) is 16.5 Å². The number of thiophene rings is 1. The molecular weight excluding hydrogens is 411 g/mol. The lowest BCUT2D eigenvalue weighted by atomic mass is 10.1. The molecule has 0 saturated carbocycles. The van der Waals surface area contributed by atoms with Crippen LogP contribution in [-0.4, -0.2) is 5.11 Å². The Balaban J connectivity index is 2.43. The highest BCUT2D eigenvalue weighted by atomic mass is 79.9. The van der Waals surface area contributed by atoms with E-state index < -0.39 is 6.10 Å². The largest absolute Gasteiger partial charge is 0.383 e. The topological polar surface area (TPSA) is 20.2 Å². The van der Waals surface area contributed by atoms with Crippen LogP contribution in [0.5, 0.6) is 0 Å². The molecule has 2 rings (SSSR count). The quantitative estimate of drug-likeness (QED) is 0.669. The Hall–Kier alpha value is 0.420. The van der Waals surface area contributed by atoms with Crippen molar-refractivity contribution >= 4 is 66.4 Å². The lowest BCUT2D eigenvalue weighted by molar-refractivity contribution is 0.224. The van der Waals surface area contributed by atoms with Crippen molar-refractivity contribution in [3.8, 4) is 0 Å². The van der Waals surface area contributed by atoms with E-state index >= 15 is 0 Å². The molecule has 0 radical (unpaired) electrons. The standard InChI is InChI=1S/C11H6Br2Cl2OS/c12-6-3-1-2-5(9(6)14)10(16)8-4-7(13)11(15)17-8/h1-4,10,16H. The number of rotatable bonds is 2. The van der Waals surface area contributed by atoms with Crippen molar-refractivity contribution in [3.63, 3.8) is 0 Å². The second-order valence-corrected chi connectivity index (χ2v) is 7.09. The van der Waals surface area contributed by atoms with Gasteiger partial charge in [-0.3, -0.25) is 0 Å². The molecule has 0 aliphatic rings. The third kappa shape index (κ3) is 2.88. The van der Waals surface area contributed by atoms with Crippen molar-refractivity contribution in [2.75, 3.05) is 0 Å². The Morgan fingerprint density at radius 1 is 1.18 bits per heavy atom. The fraction of sp³-hybridized carbons (Fsp3) is 0.0909. The zero-order chi connectivity index (χ0) is 12.6. The number of aliphatic hydroxyl groups excluding tert-OH is 1. The van der Waals surface area contributed by atoms with Gasteiger partial charge in [-0.15, -0.1) is 11.3 Å². The maximum absolute atomic E-state index is 10.3. The third-order valence-electron chi connectivity index (χ3n) is 2.21. The minimum atomic E-state index is -0.770. The van der Waals surface area contributed by atoms with Crippen molar-refractivity contribution in [2.24, 2.45) is 0 Å². The molecule has 1 N–H and O–H groups in total. The van der Waals surface area contributed by atoms with Gasteiger partial charge in [0.1, 0.15) is 10.4 Å². The van der Waals surface area contributed by atoms with Crippen LogP contribution in [0.3, 0.4) is 0 Å². The van der Waals surface area contributed by atoms with E-state index in [9.17, 15) is 5.11 Å². The summed E-state index contributed by atoms with van der Waals surface area (Å²) in [6.45, 7) is 0. The predicted molar refractivity (Wildman–Crippen MR) is 80.2 cm³/mol. The molecule has 90 valence electrons. The smallest absolute Gasteiger partial charge is 0.115 e. The second kappa shape index (κ2) is 5.59. The highest BCUT2D eigenvalue weighted by Gasteiger charge is 2.18. The lowest BCUT2D eigenvalue weighted by Crippen LogP contribution is -1.98. The zero-order valence-electron chi connectivity index (χ0n) is 8.25. The predicted octanol–water partition coefficient (Wildman–Crippen LogP) is 5.66. The fourth-order valence-corrected chi connectivity index (χ4v) is 3.74. The van der Waals surface area contributed by atoms with Crippen molar-refractivity contribution < 1.29 is 5.11 Å². The maximum atomic E-state index is 10.3. The monoisotopic (exact) mass is 414 g/mol. The summed E-state index contributed by atoms with van der Waals surface area (Å²) in [7, 11) is 0. The number of aliphatic hydroxyl groups is 1. The zero-order valence-corrected chi connectivity index (χ0v) is 13.8. The summed E-state index contributed by atoms with van der Waals surface area (Å²) in [6, 6.07) is 7.25. The van der Waals surface area contributed by atoms with Crippen LogP contribution in [0.15, 0.2) is 33.2 Å². The van der Waals surface area contributed by atoms with E-state index in [-0.39, 0.29) is 0 Å². The minimum Gasteiger partial charge on any atom is -0.383 e. The molecule has 0 amide bonds. The van der Waals surface area contributed by atoms with Gasteiger partial charge in [-0.2, -0.15) is 0 Å². The number of benzene rings is 1. The Kier molecular flexibility index (Phi) is 4.55. The van der Waals surface area contributed by atoms with E-state index in [1.807, 2.05) is 12.1 Å². The highest BCUT2D eigenvalue weighted by molar-refractivity contribution is 9.11. The average molecular weight is 417 g/mol. The number of hydrogen-bond acceptors (Lipinski definition) is 2. The van der Waals surface area contributed by atoms with Crippen LogP contribution in [0.4, 0.5) is 0 Å². The molecule has 0 saturated heterocycles. The molecular formula is C11H6Br2Cl2OS. The fourth-order valence-electron chi connectivity index (χ4n) is 1.38. The summed E-state index contributed by atoms with van der Waals surface area (Å²) in [4.78, 5) is 0.752. The summed E-state index contributed by atoms with van der Waals surface area (Å²) < 4.78 is 2.16. The first-order chi connectivity index (χ1) is 8.00. The molecule has 1 aromatic carbocycles. The van der Waals surface area contributed by atoms with Gasteiger partial charge in [0.2, 0.25) is 0 Å². The summed E-state index contributed by atoms with van der Waals surface area (Å²) >= 11 is 20.1. The molecule has 0 aliphatic heterocycles. The van der Waals surface area contributed by atoms with Gasteiger partial charge >= 0.3 is 0 Å². The second-order valence-electron chi connectivity index (χ2n) is 3.32. The van der Waals surface area contributed by atoms with Gasteiger partial charge in [-0.1, -0.05) is 35.3 Å². The van der Waals surface area contributed by atoms with Crippen LogP contribution in [0.25, 0.3) is 0 Å². The molecule has 0 aliphatic carbocycles.